The molecular weight excluding hydrogens is 269 g/mol. The van der Waals surface area contributed by atoms with Crippen LogP contribution in [0.15, 0.2) is 29.3 Å². The molecule has 1 atom stereocenters. The SMILES string of the molecule is CCCCN(C)C(=NCC(O)c1ccccc1F)NCC. The van der Waals surface area contributed by atoms with E-state index in [4.69, 9.17) is 0 Å². The number of benzene rings is 1. The third-order valence-electron chi connectivity index (χ3n) is 3.22. The van der Waals surface area contributed by atoms with E-state index in [1.54, 1.807) is 18.2 Å². The second-order valence-corrected chi connectivity index (χ2v) is 5.01. The predicted octanol–water partition coefficient (Wildman–Crippen LogP) is 2.56. The van der Waals surface area contributed by atoms with Crippen molar-refractivity contribution in [2.24, 2.45) is 4.99 Å². The summed E-state index contributed by atoms with van der Waals surface area (Å²) in [6.07, 6.45) is 1.26. The van der Waals surface area contributed by atoms with Crippen molar-refractivity contribution in [2.75, 3.05) is 26.7 Å². The molecular formula is C16H26FN3O. The molecule has 1 aromatic rings. The van der Waals surface area contributed by atoms with Crippen LogP contribution in [0.2, 0.25) is 0 Å². The highest BCUT2D eigenvalue weighted by Crippen LogP contribution is 2.16. The first-order chi connectivity index (χ1) is 10.1. The van der Waals surface area contributed by atoms with Gasteiger partial charge in [0.15, 0.2) is 5.96 Å². The van der Waals surface area contributed by atoms with Crippen LogP contribution < -0.4 is 5.32 Å². The molecule has 0 amide bonds. The van der Waals surface area contributed by atoms with Crippen LogP contribution in [0.25, 0.3) is 0 Å². The third kappa shape index (κ3) is 5.71. The standard InChI is InChI=1S/C16H26FN3O/c1-4-6-11-20(3)16(18-5-2)19-12-15(21)13-9-7-8-10-14(13)17/h7-10,15,21H,4-6,11-12H2,1-3H3,(H,18,19). The van der Waals surface area contributed by atoms with Crippen molar-refractivity contribution in [2.45, 2.75) is 32.8 Å². The number of nitrogens with zero attached hydrogens (tertiary/aromatic N) is 2. The Labute approximate surface area is 126 Å². The molecule has 2 N–H and O–H groups in total. The summed E-state index contributed by atoms with van der Waals surface area (Å²) in [4.78, 5) is 6.43. The molecule has 0 heterocycles. The van der Waals surface area contributed by atoms with Crippen LogP contribution >= 0.6 is 0 Å². The summed E-state index contributed by atoms with van der Waals surface area (Å²) < 4.78 is 13.6. The minimum atomic E-state index is -0.931. The molecule has 4 nitrogen and oxygen atoms in total. The van der Waals surface area contributed by atoms with Crippen LogP contribution in [0.4, 0.5) is 4.39 Å². The molecule has 0 aliphatic carbocycles. The van der Waals surface area contributed by atoms with Gasteiger partial charge < -0.3 is 15.3 Å². The summed E-state index contributed by atoms with van der Waals surface area (Å²) in [5, 5.41) is 13.3. The van der Waals surface area contributed by atoms with Gasteiger partial charge in [-0.1, -0.05) is 31.5 Å². The zero-order valence-corrected chi connectivity index (χ0v) is 13.1. The summed E-state index contributed by atoms with van der Waals surface area (Å²) in [5.41, 5.74) is 0.285. The molecule has 0 aromatic heterocycles. The maximum Gasteiger partial charge on any atom is 0.193 e. The lowest BCUT2D eigenvalue weighted by Crippen LogP contribution is -2.39. The van der Waals surface area contributed by atoms with Crippen molar-refractivity contribution in [1.82, 2.24) is 10.2 Å². The molecule has 0 fully saturated rings. The fraction of sp³-hybridized carbons (Fsp3) is 0.562. The highest BCUT2D eigenvalue weighted by molar-refractivity contribution is 5.79. The van der Waals surface area contributed by atoms with Crippen LogP contribution in [0.3, 0.4) is 0 Å². The zero-order chi connectivity index (χ0) is 15.7. The summed E-state index contributed by atoms with van der Waals surface area (Å²) in [6, 6.07) is 6.26. The van der Waals surface area contributed by atoms with Crippen LogP contribution in [-0.2, 0) is 0 Å². The Kier molecular flexibility index (Phi) is 7.75. The van der Waals surface area contributed by atoms with Crippen LogP contribution in [0.5, 0.6) is 0 Å². The summed E-state index contributed by atoms with van der Waals surface area (Å²) >= 11 is 0. The van der Waals surface area contributed by atoms with E-state index in [1.165, 1.54) is 6.07 Å². The molecule has 1 unspecified atom stereocenters. The number of guanidine groups is 1. The van der Waals surface area contributed by atoms with Crippen molar-refractivity contribution in [3.05, 3.63) is 35.6 Å². The van der Waals surface area contributed by atoms with Crippen molar-refractivity contribution in [3.63, 3.8) is 0 Å². The summed E-state index contributed by atoms with van der Waals surface area (Å²) in [6.45, 7) is 5.93. The molecule has 21 heavy (non-hydrogen) atoms. The van der Waals surface area contributed by atoms with Crippen molar-refractivity contribution >= 4 is 5.96 Å². The lowest BCUT2D eigenvalue weighted by molar-refractivity contribution is 0.182. The van der Waals surface area contributed by atoms with Gasteiger partial charge in [-0.3, -0.25) is 4.99 Å². The van der Waals surface area contributed by atoms with Gasteiger partial charge in [0, 0.05) is 25.7 Å². The number of hydrogen-bond acceptors (Lipinski definition) is 2. The average Bonchev–Trinajstić information content (AvgIpc) is 2.49. The Morgan fingerprint density at radius 1 is 1.38 bits per heavy atom. The Morgan fingerprint density at radius 3 is 2.71 bits per heavy atom. The van der Waals surface area contributed by atoms with Gasteiger partial charge in [-0.25, -0.2) is 4.39 Å². The topological polar surface area (TPSA) is 47.9 Å². The zero-order valence-electron chi connectivity index (χ0n) is 13.1. The maximum absolute atomic E-state index is 13.6. The van der Waals surface area contributed by atoms with E-state index in [2.05, 4.69) is 17.2 Å². The minimum absolute atomic E-state index is 0.139. The molecule has 0 saturated heterocycles. The highest BCUT2D eigenvalue weighted by Gasteiger charge is 2.12. The fourth-order valence-corrected chi connectivity index (χ4v) is 1.99. The maximum atomic E-state index is 13.6. The van der Waals surface area contributed by atoms with Crippen LogP contribution in [0, 0.1) is 5.82 Å². The van der Waals surface area contributed by atoms with E-state index in [-0.39, 0.29) is 12.1 Å². The number of rotatable bonds is 7. The number of aliphatic hydroxyl groups is 1. The largest absolute Gasteiger partial charge is 0.386 e. The first kappa shape index (κ1) is 17.4. The fourth-order valence-electron chi connectivity index (χ4n) is 1.99. The quantitative estimate of drug-likeness (QED) is 0.600. The first-order valence-electron chi connectivity index (χ1n) is 7.52. The van der Waals surface area contributed by atoms with E-state index in [0.29, 0.717) is 0 Å². The number of aliphatic hydroxyl groups excluding tert-OH is 1. The molecule has 0 bridgehead atoms. The van der Waals surface area contributed by atoms with Gasteiger partial charge in [0.25, 0.3) is 0 Å². The number of nitrogens with one attached hydrogen (secondary N) is 1. The van der Waals surface area contributed by atoms with E-state index in [1.807, 2.05) is 18.9 Å². The second kappa shape index (κ2) is 9.34. The van der Waals surface area contributed by atoms with Gasteiger partial charge in [-0.2, -0.15) is 0 Å². The smallest absolute Gasteiger partial charge is 0.193 e. The highest BCUT2D eigenvalue weighted by atomic mass is 19.1. The van der Waals surface area contributed by atoms with E-state index < -0.39 is 11.9 Å². The Bertz CT molecular complexity index is 451. The molecule has 1 rings (SSSR count). The minimum Gasteiger partial charge on any atom is -0.386 e. The van der Waals surface area contributed by atoms with Gasteiger partial charge in [-0.05, 0) is 19.4 Å². The Hall–Kier alpha value is -1.62. The molecule has 5 heteroatoms. The van der Waals surface area contributed by atoms with Crippen LogP contribution in [-0.4, -0.2) is 42.6 Å². The Balaban J connectivity index is 2.71. The molecule has 0 saturated carbocycles. The van der Waals surface area contributed by atoms with Gasteiger partial charge in [0.2, 0.25) is 0 Å². The van der Waals surface area contributed by atoms with E-state index in [9.17, 15) is 9.50 Å². The number of hydrogen-bond donors (Lipinski definition) is 2. The number of unbranched alkanes of at least 4 members (excludes halogenated alkanes) is 1. The van der Waals surface area contributed by atoms with Gasteiger partial charge >= 0.3 is 0 Å². The Morgan fingerprint density at radius 2 is 2.10 bits per heavy atom. The van der Waals surface area contributed by atoms with E-state index in [0.717, 1.165) is 31.9 Å². The predicted molar refractivity (Wildman–Crippen MR) is 84.9 cm³/mol. The molecule has 0 aliphatic rings. The van der Waals surface area contributed by atoms with E-state index >= 15 is 0 Å². The molecule has 0 spiro atoms. The second-order valence-electron chi connectivity index (χ2n) is 5.01. The van der Waals surface area contributed by atoms with Gasteiger partial charge in [-0.15, -0.1) is 0 Å². The number of aliphatic imine (C=N–C) groups is 1. The average molecular weight is 295 g/mol. The summed E-state index contributed by atoms with van der Waals surface area (Å²) in [5.74, 6) is 0.339. The van der Waals surface area contributed by atoms with Crippen molar-refractivity contribution < 1.29 is 9.50 Å². The molecule has 0 aliphatic heterocycles. The first-order valence-corrected chi connectivity index (χ1v) is 7.52. The van der Waals surface area contributed by atoms with Gasteiger partial charge in [0.05, 0.1) is 6.54 Å². The molecule has 1 aromatic carbocycles. The van der Waals surface area contributed by atoms with Crippen molar-refractivity contribution in [1.29, 1.82) is 0 Å². The number of halogens is 1. The summed E-state index contributed by atoms with van der Waals surface area (Å²) in [7, 11) is 1.96. The van der Waals surface area contributed by atoms with Crippen LogP contribution in [0.1, 0.15) is 38.4 Å². The monoisotopic (exact) mass is 295 g/mol. The molecule has 118 valence electrons. The third-order valence-corrected chi connectivity index (χ3v) is 3.22. The van der Waals surface area contributed by atoms with Crippen molar-refractivity contribution in [3.8, 4) is 0 Å². The molecule has 0 radical (unpaired) electrons. The van der Waals surface area contributed by atoms with Gasteiger partial charge in [0.1, 0.15) is 11.9 Å². The lowest BCUT2D eigenvalue weighted by Gasteiger charge is -2.22. The normalized spacial score (nSPS) is 13.1. The lowest BCUT2D eigenvalue weighted by atomic mass is 10.1.